The molecular formula is C19H17N9O3. The van der Waals surface area contributed by atoms with Crippen LogP contribution in [-0.4, -0.2) is 47.9 Å². The molecule has 3 heterocycles. The Kier molecular flexibility index (Phi) is 4.75. The molecule has 0 aromatic carbocycles. The topological polar surface area (TPSA) is 188 Å². The first kappa shape index (κ1) is 19.8. The molecule has 31 heavy (non-hydrogen) atoms. The van der Waals surface area contributed by atoms with E-state index in [2.05, 4.69) is 32.6 Å². The van der Waals surface area contributed by atoms with Crippen LogP contribution in [0.2, 0.25) is 0 Å². The van der Waals surface area contributed by atoms with Crippen LogP contribution >= 0.6 is 0 Å². The second kappa shape index (κ2) is 7.42. The number of carboxylic acid groups (broad SMARTS) is 1. The second-order valence-electron chi connectivity index (χ2n) is 7.38. The average molecular weight is 419 g/mol. The summed E-state index contributed by atoms with van der Waals surface area (Å²) in [4.78, 5) is 27.1. The van der Waals surface area contributed by atoms with Gasteiger partial charge in [-0.05, 0) is 25.0 Å². The highest BCUT2D eigenvalue weighted by Gasteiger charge is 2.46. The average Bonchev–Trinajstić information content (AvgIpc) is 3.35. The molecule has 12 nitrogen and oxygen atoms in total. The van der Waals surface area contributed by atoms with E-state index in [-0.39, 0.29) is 24.0 Å². The summed E-state index contributed by atoms with van der Waals surface area (Å²) in [5.41, 5.74) is 6.45. The molecule has 1 saturated carbocycles. The van der Waals surface area contributed by atoms with E-state index in [0.717, 1.165) is 0 Å². The number of carbonyl (C=O) groups is 2. The zero-order chi connectivity index (χ0) is 22.2. The lowest BCUT2D eigenvalue weighted by Crippen LogP contribution is -2.46. The minimum Gasteiger partial charge on any atom is -0.480 e. The first-order valence-electron chi connectivity index (χ1n) is 9.34. The molecule has 0 radical (unpaired) electrons. The molecule has 4 N–H and O–H groups in total. The number of primary amides is 1. The minimum absolute atomic E-state index is 0.00345. The normalized spacial score (nSPS) is 19.9. The van der Waals surface area contributed by atoms with E-state index in [1.807, 2.05) is 0 Å². The monoisotopic (exact) mass is 419 g/mol. The van der Waals surface area contributed by atoms with Gasteiger partial charge in [0.25, 0.3) is 5.91 Å². The Hall–Kier alpha value is -4.45. The van der Waals surface area contributed by atoms with Crippen LogP contribution in [0.15, 0.2) is 24.5 Å². The third kappa shape index (κ3) is 3.40. The number of fused-ring (bicyclic) bond motifs is 1. The summed E-state index contributed by atoms with van der Waals surface area (Å²) in [7, 11) is 0. The van der Waals surface area contributed by atoms with Crippen LogP contribution in [0.3, 0.4) is 0 Å². The highest BCUT2D eigenvalue weighted by molar-refractivity contribution is 5.93. The van der Waals surface area contributed by atoms with Gasteiger partial charge in [-0.25, -0.2) is 9.50 Å². The van der Waals surface area contributed by atoms with Crippen molar-refractivity contribution in [3.8, 4) is 23.4 Å². The SMILES string of the molecule is N#CC[C@]1(n2cc(-c3nc(NCC(=O)O)nn4c(C(N)=O)ccc34)cn2)C[C@H](C#N)C1. The Bertz CT molecular complexity index is 1270. The van der Waals surface area contributed by atoms with E-state index < -0.39 is 24.0 Å². The maximum Gasteiger partial charge on any atom is 0.322 e. The number of amides is 1. The summed E-state index contributed by atoms with van der Waals surface area (Å²) in [6.45, 7) is -0.418. The van der Waals surface area contributed by atoms with E-state index in [0.29, 0.717) is 29.6 Å². The molecule has 1 aliphatic carbocycles. The lowest BCUT2D eigenvalue weighted by atomic mass is 9.67. The smallest absolute Gasteiger partial charge is 0.322 e. The van der Waals surface area contributed by atoms with Crippen LogP contribution in [0.4, 0.5) is 5.95 Å². The Morgan fingerprint density at radius 2 is 2.13 bits per heavy atom. The predicted octanol–water partition coefficient (Wildman–Crippen LogP) is 0.731. The molecule has 12 heteroatoms. The number of nitrogens with one attached hydrogen (secondary N) is 1. The van der Waals surface area contributed by atoms with Gasteiger partial charge in [0.15, 0.2) is 0 Å². The van der Waals surface area contributed by atoms with Crippen LogP contribution < -0.4 is 11.1 Å². The number of nitriles is 2. The predicted molar refractivity (Wildman–Crippen MR) is 105 cm³/mol. The van der Waals surface area contributed by atoms with Crippen molar-refractivity contribution in [1.82, 2.24) is 24.4 Å². The number of aliphatic carboxylic acids is 1. The molecule has 1 aliphatic rings. The van der Waals surface area contributed by atoms with Crippen molar-refractivity contribution in [2.45, 2.75) is 24.8 Å². The Morgan fingerprint density at radius 3 is 2.77 bits per heavy atom. The van der Waals surface area contributed by atoms with Gasteiger partial charge in [0.2, 0.25) is 5.95 Å². The van der Waals surface area contributed by atoms with E-state index in [1.54, 1.807) is 23.1 Å². The number of hydrogen-bond donors (Lipinski definition) is 3. The molecular weight excluding hydrogens is 402 g/mol. The Balaban J connectivity index is 1.79. The standard InChI is InChI=1S/C19H17N9O3/c20-4-3-19(5-11(6-19)7-21)27-10-12(8-24-27)16-13-1-2-14(17(22)31)28(13)26-18(25-16)23-9-15(29)30/h1-2,8,10-11H,3,5-6,9H2,(H2,22,31)(H,23,26)(H,29,30)/t11-,19-. The lowest BCUT2D eigenvalue weighted by molar-refractivity contribution is -0.134. The minimum atomic E-state index is -1.10. The van der Waals surface area contributed by atoms with Crippen molar-refractivity contribution in [2.75, 3.05) is 11.9 Å². The van der Waals surface area contributed by atoms with Crippen molar-refractivity contribution in [3.63, 3.8) is 0 Å². The number of nitrogens with zero attached hydrogens (tertiary/aromatic N) is 7. The number of aromatic nitrogens is 5. The molecule has 1 amide bonds. The van der Waals surface area contributed by atoms with Gasteiger partial charge >= 0.3 is 5.97 Å². The van der Waals surface area contributed by atoms with Crippen LogP contribution in [0.25, 0.3) is 16.8 Å². The molecule has 1 fully saturated rings. The number of carbonyl (C=O) groups excluding carboxylic acids is 1. The van der Waals surface area contributed by atoms with Gasteiger partial charge in [-0.2, -0.15) is 15.6 Å². The molecule has 3 aromatic heterocycles. The summed E-state index contributed by atoms with van der Waals surface area (Å²) in [6, 6.07) is 7.52. The summed E-state index contributed by atoms with van der Waals surface area (Å²) < 4.78 is 2.98. The third-order valence-electron chi connectivity index (χ3n) is 5.35. The highest BCUT2D eigenvalue weighted by Crippen LogP contribution is 2.46. The fourth-order valence-electron chi connectivity index (χ4n) is 3.84. The van der Waals surface area contributed by atoms with E-state index >= 15 is 0 Å². The van der Waals surface area contributed by atoms with Gasteiger partial charge in [-0.3, -0.25) is 14.3 Å². The van der Waals surface area contributed by atoms with Crippen molar-refractivity contribution >= 4 is 23.3 Å². The molecule has 0 bridgehead atoms. The maximum absolute atomic E-state index is 11.8. The van der Waals surface area contributed by atoms with E-state index in [4.69, 9.17) is 16.1 Å². The fraction of sp³-hybridized carbons (Fsp3) is 0.316. The summed E-state index contributed by atoms with van der Waals surface area (Å²) in [6.07, 6.45) is 4.57. The highest BCUT2D eigenvalue weighted by atomic mass is 16.4. The molecule has 3 aromatic rings. The number of carboxylic acids is 1. The van der Waals surface area contributed by atoms with Gasteiger partial charge < -0.3 is 16.2 Å². The molecule has 0 saturated heterocycles. The maximum atomic E-state index is 11.8. The van der Waals surface area contributed by atoms with E-state index in [9.17, 15) is 14.9 Å². The van der Waals surface area contributed by atoms with Crippen LogP contribution in [0.1, 0.15) is 29.8 Å². The summed E-state index contributed by atoms with van der Waals surface area (Å²) in [5, 5.41) is 38.5. The van der Waals surface area contributed by atoms with Gasteiger partial charge in [0, 0.05) is 11.8 Å². The van der Waals surface area contributed by atoms with Gasteiger partial charge in [-0.1, -0.05) is 0 Å². The lowest BCUT2D eigenvalue weighted by Gasteiger charge is -2.43. The van der Waals surface area contributed by atoms with Crippen molar-refractivity contribution in [2.24, 2.45) is 11.7 Å². The first-order chi connectivity index (χ1) is 14.9. The number of nitrogens with two attached hydrogens (primary N) is 1. The second-order valence-corrected chi connectivity index (χ2v) is 7.38. The Labute approximate surface area is 175 Å². The third-order valence-corrected chi connectivity index (χ3v) is 5.35. The zero-order valence-corrected chi connectivity index (χ0v) is 16.2. The largest absolute Gasteiger partial charge is 0.480 e. The number of hydrogen-bond acceptors (Lipinski definition) is 8. The first-order valence-corrected chi connectivity index (χ1v) is 9.34. The van der Waals surface area contributed by atoms with E-state index in [1.165, 1.54) is 10.6 Å². The van der Waals surface area contributed by atoms with Crippen molar-refractivity contribution in [1.29, 1.82) is 10.5 Å². The van der Waals surface area contributed by atoms with Gasteiger partial charge in [0.1, 0.15) is 17.9 Å². The molecule has 0 unspecified atom stereocenters. The molecule has 0 aliphatic heterocycles. The number of anilines is 1. The molecule has 4 rings (SSSR count). The molecule has 0 spiro atoms. The van der Waals surface area contributed by atoms with Crippen LogP contribution in [0.5, 0.6) is 0 Å². The summed E-state index contributed by atoms with van der Waals surface area (Å²) in [5.74, 6) is -1.93. The van der Waals surface area contributed by atoms with Crippen molar-refractivity contribution < 1.29 is 14.7 Å². The summed E-state index contributed by atoms with van der Waals surface area (Å²) >= 11 is 0. The van der Waals surface area contributed by atoms with Crippen LogP contribution in [0, 0.1) is 28.6 Å². The van der Waals surface area contributed by atoms with Crippen molar-refractivity contribution in [3.05, 3.63) is 30.2 Å². The fourth-order valence-corrected chi connectivity index (χ4v) is 3.84. The number of rotatable bonds is 7. The van der Waals surface area contributed by atoms with Gasteiger partial charge in [-0.15, -0.1) is 5.10 Å². The zero-order valence-electron chi connectivity index (χ0n) is 16.2. The quantitative estimate of drug-likeness (QED) is 0.496. The van der Waals surface area contributed by atoms with Gasteiger partial charge in [0.05, 0.1) is 41.7 Å². The Morgan fingerprint density at radius 1 is 1.35 bits per heavy atom. The molecule has 156 valence electrons. The van der Waals surface area contributed by atoms with Crippen LogP contribution in [-0.2, 0) is 10.3 Å². The molecule has 0 atom stereocenters.